The predicted octanol–water partition coefficient (Wildman–Crippen LogP) is 2.86. The van der Waals surface area contributed by atoms with Gasteiger partial charge in [0.2, 0.25) is 0 Å². The maximum atomic E-state index is 12.0. The molecule has 0 atom stereocenters. The van der Waals surface area contributed by atoms with E-state index in [1.165, 1.54) is 5.56 Å². The topological polar surface area (TPSA) is 62.2 Å². The third kappa shape index (κ3) is 5.70. The number of aromatic nitrogens is 2. The summed E-state index contributed by atoms with van der Waals surface area (Å²) in [6, 6.07) is 7.88. The van der Waals surface area contributed by atoms with E-state index in [-0.39, 0.29) is 6.03 Å². The van der Waals surface area contributed by atoms with Gasteiger partial charge in [-0.15, -0.1) is 0 Å². The zero-order valence-electron chi connectivity index (χ0n) is 14.7. The van der Waals surface area contributed by atoms with Crippen molar-refractivity contribution in [1.82, 2.24) is 20.0 Å². The van der Waals surface area contributed by atoms with Crippen molar-refractivity contribution in [3.8, 4) is 0 Å². The van der Waals surface area contributed by atoms with Crippen LogP contribution in [0, 0.1) is 6.92 Å². The number of amides is 2. The van der Waals surface area contributed by atoms with E-state index >= 15 is 0 Å². The molecule has 1 aromatic heterocycles. The first kappa shape index (κ1) is 18.0. The Morgan fingerprint density at radius 2 is 1.92 bits per heavy atom. The highest BCUT2D eigenvalue weighted by Gasteiger charge is 2.05. The SMILES string of the molecule is CCN(CC)CCn1cc(NC(=O)NCc2ccc(C)cc2)cn1. The number of benzene rings is 1. The van der Waals surface area contributed by atoms with E-state index in [0.29, 0.717) is 12.2 Å². The van der Waals surface area contributed by atoms with E-state index in [4.69, 9.17) is 0 Å². The summed E-state index contributed by atoms with van der Waals surface area (Å²) >= 11 is 0. The molecule has 0 spiro atoms. The summed E-state index contributed by atoms with van der Waals surface area (Å²) in [4.78, 5) is 14.3. The van der Waals surface area contributed by atoms with E-state index in [1.807, 2.05) is 42.1 Å². The van der Waals surface area contributed by atoms with Crippen LogP contribution in [0.15, 0.2) is 36.7 Å². The molecule has 0 radical (unpaired) electrons. The van der Waals surface area contributed by atoms with E-state index < -0.39 is 0 Å². The molecule has 0 aliphatic carbocycles. The fourth-order valence-corrected chi connectivity index (χ4v) is 2.40. The third-order valence-corrected chi connectivity index (χ3v) is 4.00. The Morgan fingerprint density at radius 3 is 2.58 bits per heavy atom. The molecular formula is C18H27N5O. The molecule has 0 aliphatic rings. The Labute approximate surface area is 143 Å². The summed E-state index contributed by atoms with van der Waals surface area (Å²) in [7, 11) is 0. The van der Waals surface area contributed by atoms with Crippen LogP contribution in [0.2, 0.25) is 0 Å². The lowest BCUT2D eigenvalue weighted by Gasteiger charge is -2.17. The highest BCUT2D eigenvalue weighted by atomic mass is 16.2. The Morgan fingerprint density at radius 1 is 1.21 bits per heavy atom. The van der Waals surface area contributed by atoms with Gasteiger partial charge < -0.3 is 15.5 Å². The van der Waals surface area contributed by atoms with Crippen molar-refractivity contribution in [1.29, 1.82) is 0 Å². The van der Waals surface area contributed by atoms with Gasteiger partial charge in [0, 0.05) is 19.3 Å². The van der Waals surface area contributed by atoms with Gasteiger partial charge in [-0.3, -0.25) is 4.68 Å². The van der Waals surface area contributed by atoms with Crippen molar-refractivity contribution in [3.63, 3.8) is 0 Å². The molecule has 6 nitrogen and oxygen atoms in total. The van der Waals surface area contributed by atoms with Gasteiger partial charge in [0.05, 0.1) is 18.4 Å². The summed E-state index contributed by atoms with van der Waals surface area (Å²) in [5.41, 5.74) is 2.99. The molecule has 0 saturated heterocycles. The number of hydrogen-bond donors (Lipinski definition) is 2. The second kappa shape index (κ2) is 9.08. The number of aryl methyl sites for hydroxylation is 1. The molecule has 130 valence electrons. The lowest BCUT2D eigenvalue weighted by atomic mass is 10.1. The molecule has 1 aromatic carbocycles. The predicted molar refractivity (Wildman–Crippen MR) is 97.1 cm³/mol. The van der Waals surface area contributed by atoms with Crippen molar-refractivity contribution in [2.75, 3.05) is 25.0 Å². The van der Waals surface area contributed by atoms with Crippen LogP contribution in [0.5, 0.6) is 0 Å². The zero-order chi connectivity index (χ0) is 17.4. The van der Waals surface area contributed by atoms with Gasteiger partial charge in [0.1, 0.15) is 0 Å². The minimum atomic E-state index is -0.223. The van der Waals surface area contributed by atoms with Gasteiger partial charge in [-0.2, -0.15) is 5.10 Å². The molecule has 2 N–H and O–H groups in total. The summed E-state index contributed by atoms with van der Waals surface area (Å²) in [6.45, 7) is 10.7. The van der Waals surface area contributed by atoms with Gasteiger partial charge in [0.25, 0.3) is 0 Å². The minimum absolute atomic E-state index is 0.223. The Hall–Kier alpha value is -2.34. The first-order valence-electron chi connectivity index (χ1n) is 8.46. The smallest absolute Gasteiger partial charge is 0.319 e. The van der Waals surface area contributed by atoms with Crippen molar-refractivity contribution in [2.24, 2.45) is 0 Å². The average molecular weight is 329 g/mol. The second-order valence-corrected chi connectivity index (χ2v) is 5.81. The van der Waals surface area contributed by atoms with Crippen LogP contribution >= 0.6 is 0 Å². The first-order chi connectivity index (χ1) is 11.6. The molecule has 1 heterocycles. The average Bonchev–Trinajstić information content (AvgIpc) is 3.02. The van der Waals surface area contributed by atoms with Crippen molar-refractivity contribution >= 4 is 11.7 Å². The number of likely N-dealkylation sites (N-methyl/N-ethyl adjacent to an activating group) is 1. The molecular weight excluding hydrogens is 302 g/mol. The molecule has 0 bridgehead atoms. The van der Waals surface area contributed by atoms with Crippen molar-refractivity contribution in [3.05, 3.63) is 47.8 Å². The maximum absolute atomic E-state index is 12.0. The van der Waals surface area contributed by atoms with Gasteiger partial charge in [-0.1, -0.05) is 43.7 Å². The Bertz CT molecular complexity index is 631. The molecule has 0 fully saturated rings. The molecule has 6 heteroatoms. The fraction of sp³-hybridized carbons (Fsp3) is 0.444. The number of rotatable bonds is 8. The summed E-state index contributed by atoms with van der Waals surface area (Å²) < 4.78 is 1.86. The van der Waals surface area contributed by atoms with Crippen molar-refractivity contribution in [2.45, 2.75) is 33.9 Å². The quantitative estimate of drug-likeness (QED) is 0.783. The Balaban J connectivity index is 1.76. The van der Waals surface area contributed by atoms with Gasteiger partial charge in [0.15, 0.2) is 0 Å². The van der Waals surface area contributed by atoms with Crippen LogP contribution in [0.4, 0.5) is 10.5 Å². The fourth-order valence-electron chi connectivity index (χ4n) is 2.40. The molecule has 0 aliphatic heterocycles. The zero-order valence-corrected chi connectivity index (χ0v) is 14.7. The van der Waals surface area contributed by atoms with Crippen LogP contribution in [0.3, 0.4) is 0 Å². The maximum Gasteiger partial charge on any atom is 0.319 e. The van der Waals surface area contributed by atoms with Crippen LogP contribution < -0.4 is 10.6 Å². The van der Waals surface area contributed by atoms with Crippen LogP contribution in [0.1, 0.15) is 25.0 Å². The standard InChI is InChI=1S/C18H27N5O/c1-4-22(5-2)10-11-23-14-17(13-20-23)21-18(24)19-12-16-8-6-15(3)7-9-16/h6-9,13-14H,4-5,10-12H2,1-3H3,(H2,19,21,24). The normalized spacial score (nSPS) is 10.8. The molecule has 0 saturated carbocycles. The van der Waals surface area contributed by atoms with E-state index in [9.17, 15) is 4.79 Å². The van der Waals surface area contributed by atoms with Gasteiger partial charge in [-0.05, 0) is 25.6 Å². The van der Waals surface area contributed by atoms with E-state index in [0.717, 1.165) is 31.7 Å². The lowest BCUT2D eigenvalue weighted by Crippen LogP contribution is -2.28. The number of nitrogens with one attached hydrogen (secondary N) is 2. The summed E-state index contributed by atoms with van der Waals surface area (Å²) in [5.74, 6) is 0. The molecule has 2 amide bonds. The van der Waals surface area contributed by atoms with Crippen LogP contribution in [0.25, 0.3) is 0 Å². The highest BCUT2D eigenvalue weighted by Crippen LogP contribution is 2.06. The monoisotopic (exact) mass is 329 g/mol. The number of carbonyl (C=O) groups excluding carboxylic acids is 1. The van der Waals surface area contributed by atoms with Gasteiger partial charge in [-0.25, -0.2) is 4.79 Å². The Kier molecular flexibility index (Phi) is 6.81. The van der Waals surface area contributed by atoms with Crippen LogP contribution in [-0.2, 0) is 13.1 Å². The lowest BCUT2D eigenvalue weighted by molar-refractivity contribution is 0.251. The molecule has 2 rings (SSSR count). The number of hydrogen-bond acceptors (Lipinski definition) is 3. The van der Waals surface area contributed by atoms with Crippen LogP contribution in [-0.4, -0.2) is 40.3 Å². The largest absolute Gasteiger partial charge is 0.334 e. The van der Waals surface area contributed by atoms with Gasteiger partial charge >= 0.3 is 6.03 Å². The molecule has 0 unspecified atom stereocenters. The number of urea groups is 1. The first-order valence-corrected chi connectivity index (χ1v) is 8.46. The molecule has 2 aromatic rings. The number of carbonyl (C=O) groups is 1. The number of nitrogens with zero attached hydrogens (tertiary/aromatic N) is 3. The highest BCUT2D eigenvalue weighted by molar-refractivity contribution is 5.88. The van der Waals surface area contributed by atoms with E-state index in [1.54, 1.807) is 6.20 Å². The molecule has 24 heavy (non-hydrogen) atoms. The summed E-state index contributed by atoms with van der Waals surface area (Å²) in [5, 5.41) is 9.95. The summed E-state index contributed by atoms with van der Waals surface area (Å²) in [6.07, 6.45) is 3.53. The third-order valence-electron chi connectivity index (χ3n) is 4.00. The van der Waals surface area contributed by atoms with E-state index in [2.05, 4.69) is 34.5 Å². The minimum Gasteiger partial charge on any atom is -0.334 e. The van der Waals surface area contributed by atoms with Crippen molar-refractivity contribution < 1.29 is 4.79 Å². The second-order valence-electron chi connectivity index (χ2n) is 5.81. The number of anilines is 1.